The van der Waals surface area contributed by atoms with E-state index in [0.29, 0.717) is 11.3 Å². The molecule has 1 heterocycles. The van der Waals surface area contributed by atoms with Crippen LogP contribution in [0.5, 0.6) is 0 Å². The molecule has 2 N–H and O–H groups in total. The molecule has 1 aromatic heterocycles. The largest absolute Gasteiger partial charge is 0.416 e. The van der Waals surface area contributed by atoms with Crippen molar-refractivity contribution in [1.29, 1.82) is 5.26 Å². The fourth-order valence-corrected chi connectivity index (χ4v) is 2.40. The third kappa shape index (κ3) is 4.53. The zero-order valence-corrected chi connectivity index (χ0v) is 15.2. The summed E-state index contributed by atoms with van der Waals surface area (Å²) in [5.41, 5.74) is 3.66. The highest BCUT2D eigenvalue weighted by Crippen LogP contribution is 2.33. The first-order valence-corrected chi connectivity index (χ1v) is 7.95. The lowest BCUT2D eigenvalue weighted by Gasteiger charge is -2.12. The summed E-state index contributed by atoms with van der Waals surface area (Å²) in [6.45, 7) is 1.82. The number of hydrazone groups is 1. The number of alkyl halides is 3. The average Bonchev–Trinajstić information content (AvgIpc) is 2.83. The van der Waals surface area contributed by atoms with Gasteiger partial charge in [-0.15, -0.1) is 0 Å². The average molecular weight is 400 g/mol. The molecule has 0 aliphatic rings. The Bertz CT molecular complexity index is 912. The van der Waals surface area contributed by atoms with Crippen molar-refractivity contribution >= 4 is 40.8 Å². The SMILES string of the molecule is Cc1c(/C=N\NC(=S)Nc2cc(C(F)(F)F)ccc2Cl)cc(C#N)n1C. The van der Waals surface area contributed by atoms with E-state index in [1.165, 1.54) is 6.21 Å². The minimum absolute atomic E-state index is 0.0110. The topological polar surface area (TPSA) is 65.1 Å². The Hall–Kier alpha value is -2.57. The van der Waals surface area contributed by atoms with Gasteiger partial charge in [-0.3, -0.25) is 5.43 Å². The van der Waals surface area contributed by atoms with Gasteiger partial charge in [0.25, 0.3) is 0 Å². The van der Waals surface area contributed by atoms with E-state index in [-0.39, 0.29) is 15.8 Å². The summed E-state index contributed by atoms with van der Waals surface area (Å²) >= 11 is 10.9. The number of nitrogens with one attached hydrogen (secondary N) is 2. The third-order valence-corrected chi connectivity index (χ3v) is 4.12. The van der Waals surface area contributed by atoms with E-state index in [0.717, 1.165) is 23.9 Å². The van der Waals surface area contributed by atoms with Crippen molar-refractivity contribution < 1.29 is 13.2 Å². The third-order valence-electron chi connectivity index (χ3n) is 3.60. The van der Waals surface area contributed by atoms with Crippen LogP contribution >= 0.6 is 23.8 Å². The highest BCUT2D eigenvalue weighted by molar-refractivity contribution is 7.80. The minimum Gasteiger partial charge on any atom is -0.339 e. The molecule has 0 saturated carbocycles. The number of thiocarbonyl (C=S) groups is 1. The molecule has 0 bridgehead atoms. The van der Waals surface area contributed by atoms with E-state index >= 15 is 0 Å². The van der Waals surface area contributed by atoms with Crippen molar-refractivity contribution in [2.24, 2.45) is 12.1 Å². The van der Waals surface area contributed by atoms with Gasteiger partial charge in [0.15, 0.2) is 5.11 Å². The second kappa shape index (κ2) is 7.76. The molecular formula is C16H13ClF3N5S. The van der Waals surface area contributed by atoms with Crippen LogP contribution in [0.3, 0.4) is 0 Å². The molecule has 0 unspecified atom stereocenters. The van der Waals surface area contributed by atoms with Crippen LogP contribution in [0.2, 0.25) is 5.02 Å². The summed E-state index contributed by atoms with van der Waals surface area (Å²) in [5, 5.41) is 15.5. The molecule has 0 atom stereocenters. The zero-order valence-electron chi connectivity index (χ0n) is 13.6. The lowest BCUT2D eigenvalue weighted by molar-refractivity contribution is -0.137. The van der Waals surface area contributed by atoms with Gasteiger partial charge in [0.1, 0.15) is 11.8 Å². The van der Waals surface area contributed by atoms with Crippen molar-refractivity contribution in [3.63, 3.8) is 0 Å². The van der Waals surface area contributed by atoms with E-state index in [4.69, 9.17) is 29.1 Å². The first kappa shape index (κ1) is 19.8. The Labute approximate surface area is 158 Å². The van der Waals surface area contributed by atoms with Crippen molar-refractivity contribution in [3.05, 3.63) is 51.8 Å². The Balaban J connectivity index is 2.07. The first-order valence-electron chi connectivity index (χ1n) is 7.16. The van der Waals surface area contributed by atoms with Crippen LogP contribution in [0.4, 0.5) is 18.9 Å². The van der Waals surface area contributed by atoms with Gasteiger partial charge in [-0.2, -0.15) is 23.5 Å². The number of benzene rings is 1. The predicted molar refractivity (Wildman–Crippen MR) is 98.3 cm³/mol. The summed E-state index contributed by atoms with van der Waals surface area (Å²) in [5.74, 6) is 0. The summed E-state index contributed by atoms with van der Waals surface area (Å²) in [7, 11) is 1.75. The number of aromatic nitrogens is 1. The van der Waals surface area contributed by atoms with Crippen molar-refractivity contribution in [3.8, 4) is 6.07 Å². The Morgan fingerprint density at radius 3 is 2.65 bits per heavy atom. The molecule has 136 valence electrons. The lowest BCUT2D eigenvalue weighted by Crippen LogP contribution is -2.24. The maximum atomic E-state index is 12.8. The van der Waals surface area contributed by atoms with Crippen molar-refractivity contribution in [2.45, 2.75) is 13.1 Å². The molecular weight excluding hydrogens is 387 g/mol. The van der Waals surface area contributed by atoms with Crippen LogP contribution in [0.1, 0.15) is 22.5 Å². The van der Waals surface area contributed by atoms with Crippen LogP contribution in [0.25, 0.3) is 0 Å². The number of anilines is 1. The van der Waals surface area contributed by atoms with Gasteiger partial charge in [-0.25, -0.2) is 0 Å². The Kier molecular flexibility index (Phi) is 5.90. The molecule has 0 saturated heterocycles. The summed E-state index contributed by atoms with van der Waals surface area (Å²) < 4.78 is 40.0. The van der Waals surface area contributed by atoms with Crippen LogP contribution in [-0.4, -0.2) is 15.9 Å². The van der Waals surface area contributed by atoms with Gasteiger partial charge in [-0.05, 0) is 43.4 Å². The molecule has 26 heavy (non-hydrogen) atoms. The minimum atomic E-state index is -4.49. The molecule has 0 aliphatic carbocycles. The number of nitrogens with zero attached hydrogens (tertiary/aromatic N) is 3. The van der Waals surface area contributed by atoms with Crippen LogP contribution < -0.4 is 10.7 Å². The molecule has 2 rings (SSSR count). The number of halogens is 4. The smallest absolute Gasteiger partial charge is 0.339 e. The van der Waals surface area contributed by atoms with Crippen LogP contribution in [0, 0.1) is 18.3 Å². The van der Waals surface area contributed by atoms with Gasteiger partial charge in [-0.1, -0.05) is 11.6 Å². The number of rotatable bonds is 3. The Morgan fingerprint density at radius 1 is 1.38 bits per heavy atom. The highest BCUT2D eigenvalue weighted by atomic mass is 35.5. The van der Waals surface area contributed by atoms with E-state index in [2.05, 4.69) is 15.8 Å². The number of hydrogen-bond acceptors (Lipinski definition) is 3. The zero-order chi connectivity index (χ0) is 19.5. The maximum Gasteiger partial charge on any atom is 0.416 e. The molecule has 10 heteroatoms. The molecule has 5 nitrogen and oxygen atoms in total. The first-order chi connectivity index (χ1) is 12.1. The molecule has 0 aliphatic heterocycles. The maximum absolute atomic E-state index is 12.8. The molecule has 2 aromatic rings. The molecule has 0 spiro atoms. The van der Waals surface area contributed by atoms with Gasteiger partial charge >= 0.3 is 6.18 Å². The predicted octanol–water partition coefficient (Wildman–Crippen LogP) is 4.20. The fraction of sp³-hybridized carbons (Fsp3) is 0.188. The van der Waals surface area contributed by atoms with Crippen molar-refractivity contribution in [1.82, 2.24) is 9.99 Å². The Morgan fingerprint density at radius 2 is 2.08 bits per heavy atom. The number of nitriles is 1. The second-order valence-corrected chi connectivity index (χ2v) is 6.07. The summed E-state index contributed by atoms with van der Waals surface area (Å²) in [6, 6.07) is 6.58. The molecule has 0 radical (unpaired) electrons. The summed E-state index contributed by atoms with van der Waals surface area (Å²) in [6.07, 6.45) is -3.03. The monoisotopic (exact) mass is 399 g/mol. The normalized spacial score (nSPS) is 11.4. The van der Waals surface area contributed by atoms with E-state index < -0.39 is 11.7 Å². The fourth-order valence-electron chi connectivity index (χ4n) is 2.07. The molecule has 0 amide bonds. The van der Waals surface area contributed by atoms with Gasteiger partial charge in [0.2, 0.25) is 0 Å². The molecule has 0 fully saturated rings. The van der Waals surface area contributed by atoms with E-state index in [9.17, 15) is 13.2 Å². The van der Waals surface area contributed by atoms with Crippen LogP contribution in [-0.2, 0) is 13.2 Å². The quantitative estimate of drug-likeness (QED) is 0.461. The number of hydrogen-bond donors (Lipinski definition) is 2. The van der Waals surface area contributed by atoms with E-state index in [1.54, 1.807) is 17.7 Å². The van der Waals surface area contributed by atoms with E-state index in [1.807, 2.05) is 13.0 Å². The van der Waals surface area contributed by atoms with Crippen LogP contribution in [0.15, 0.2) is 29.4 Å². The van der Waals surface area contributed by atoms with Gasteiger partial charge in [0.05, 0.1) is 22.5 Å². The summed E-state index contributed by atoms with van der Waals surface area (Å²) in [4.78, 5) is 0. The highest BCUT2D eigenvalue weighted by Gasteiger charge is 2.31. The lowest BCUT2D eigenvalue weighted by atomic mass is 10.2. The van der Waals surface area contributed by atoms with Gasteiger partial charge < -0.3 is 9.88 Å². The van der Waals surface area contributed by atoms with Crippen molar-refractivity contribution in [2.75, 3.05) is 5.32 Å². The van der Waals surface area contributed by atoms with Gasteiger partial charge in [0, 0.05) is 18.3 Å². The molecule has 1 aromatic carbocycles. The second-order valence-electron chi connectivity index (χ2n) is 5.26. The standard InChI is InChI=1S/C16H13ClF3N5S/c1-9-10(5-12(7-21)25(9)2)8-22-24-15(26)23-14-6-11(16(18,19)20)3-4-13(14)17/h3-6,8H,1-2H3,(H2,23,24,26)/b22-8-.